The summed E-state index contributed by atoms with van der Waals surface area (Å²) in [6.07, 6.45) is 0. The van der Waals surface area contributed by atoms with Gasteiger partial charge in [0.25, 0.3) is 0 Å². The minimum atomic E-state index is -1.08. The van der Waals surface area contributed by atoms with E-state index in [-0.39, 0.29) is 19.5 Å². The van der Waals surface area contributed by atoms with E-state index in [2.05, 4.69) is 0 Å². The van der Waals surface area contributed by atoms with Gasteiger partial charge in [-0.15, -0.1) is 0 Å². The molecule has 0 spiro atoms. The SMILES string of the molecule is C=O.C=O.CC(=O)[O-].CC(=O)[O-].CC(=O)[O-].[Rh+3]. The van der Waals surface area contributed by atoms with E-state index >= 15 is 0 Å². The zero-order valence-electron chi connectivity index (χ0n) is 9.51. The fraction of sp³-hybridized carbons (Fsp3) is 0.375. The Balaban J connectivity index is -0.0000000227. The molecule has 0 aromatic rings. The molecule has 0 aliphatic carbocycles. The first kappa shape index (κ1) is 36.1. The molecule has 0 atom stereocenters. The molecule has 0 rings (SSSR count). The zero-order chi connectivity index (χ0) is 14.7. The van der Waals surface area contributed by atoms with Crippen molar-refractivity contribution in [3.8, 4) is 0 Å². The number of hydrogen-bond donors (Lipinski definition) is 0. The molecular formula is C8H13O8Rh. The maximum absolute atomic E-state index is 8.89. The van der Waals surface area contributed by atoms with E-state index in [0.29, 0.717) is 0 Å². The molecule has 0 aromatic carbocycles. The first-order valence-electron chi connectivity index (χ1n) is 3.30. The molecule has 0 fully saturated rings. The van der Waals surface area contributed by atoms with Gasteiger partial charge in [-0.3, -0.25) is 0 Å². The number of hydrogen-bond acceptors (Lipinski definition) is 8. The van der Waals surface area contributed by atoms with Crippen molar-refractivity contribution in [3.63, 3.8) is 0 Å². The molecule has 0 N–H and O–H groups in total. The Kier molecular flexibility index (Phi) is 101. The second-order valence-corrected chi connectivity index (χ2v) is 1.47. The van der Waals surface area contributed by atoms with Crippen molar-refractivity contribution in [1.82, 2.24) is 0 Å². The summed E-state index contributed by atoms with van der Waals surface area (Å²) in [5.41, 5.74) is 0. The van der Waals surface area contributed by atoms with Gasteiger partial charge in [-0.25, -0.2) is 0 Å². The molecule has 0 aliphatic rings. The third-order valence-electron chi connectivity index (χ3n) is 0. The Morgan fingerprint density at radius 3 is 0.647 bits per heavy atom. The molecule has 0 saturated carbocycles. The zero-order valence-corrected chi connectivity index (χ0v) is 11.2. The van der Waals surface area contributed by atoms with E-state index < -0.39 is 17.9 Å². The second-order valence-electron chi connectivity index (χ2n) is 1.47. The summed E-state index contributed by atoms with van der Waals surface area (Å²) in [6.45, 7) is 6.92. The van der Waals surface area contributed by atoms with Gasteiger partial charge in [0.15, 0.2) is 0 Å². The van der Waals surface area contributed by atoms with Crippen molar-refractivity contribution in [2.45, 2.75) is 20.8 Å². The van der Waals surface area contributed by atoms with Crippen molar-refractivity contribution in [3.05, 3.63) is 0 Å². The standard InChI is InChI=1S/3C2H4O2.2CH2O.Rh/c3*1-2(3)4;2*1-2;/h3*1H3,(H,3,4);2*1H2;/q;;;;;+3/p-3. The van der Waals surface area contributed by atoms with E-state index in [4.69, 9.17) is 39.3 Å². The second kappa shape index (κ2) is 47.3. The number of carboxylic acid groups (broad SMARTS) is 3. The molecule has 0 heterocycles. The van der Waals surface area contributed by atoms with E-state index in [1.165, 1.54) is 0 Å². The number of carboxylic acids is 3. The van der Waals surface area contributed by atoms with Crippen LogP contribution in [0.15, 0.2) is 0 Å². The van der Waals surface area contributed by atoms with Crippen molar-refractivity contribution < 1.29 is 58.8 Å². The van der Waals surface area contributed by atoms with E-state index in [0.717, 1.165) is 20.8 Å². The number of carbonyl (C=O) groups excluding carboxylic acids is 5. The smallest absolute Gasteiger partial charge is 0.550 e. The molecule has 0 aromatic heterocycles. The van der Waals surface area contributed by atoms with E-state index in [1.807, 2.05) is 13.6 Å². The average molecular weight is 340 g/mol. The molecular weight excluding hydrogens is 327 g/mol. The number of rotatable bonds is 0. The van der Waals surface area contributed by atoms with Gasteiger partial charge in [-0.1, -0.05) is 0 Å². The van der Waals surface area contributed by atoms with E-state index in [1.54, 1.807) is 0 Å². The summed E-state index contributed by atoms with van der Waals surface area (Å²) in [4.78, 5) is 42.7. The molecule has 0 unspecified atom stereocenters. The molecule has 0 saturated heterocycles. The minimum absolute atomic E-state index is 0. The van der Waals surface area contributed by atoms with Crippen LogP contribution < -0.4 is 15.3 Å². The minimum Gasteiger partial charge on any atom is -0.550 e. The largest absolute Gasteiger partial charge is 3.00 e. The number of aliphatic carboxylic acids is 3. The molecule has 102 valence electrons. The summed E-state index contributed by atoms with van der Waals surface area (Å²) < 4.78 is 0. The van der Waals surface area contributed by atoms with Gasteiger partial charge in [-0.05, 0) is 20.8 Å². The van der Waals surface area contributed by atoms with Gasteiger partial charge < -0.3 is 39.3 Å². The summed E-state index contributed by atoms with van der Waals surface area (Å²) >= 11 is 0. The van der Waals surface area contributed by atoms with Crippen LogP contribution in [0.3, 0.4) is 0 Å². The van der Waals surface area contributed by atoms with Gasteiger partial charge >= 0.3 is 19.5 Å². The maximum atomic E-state index is 8.89. The van der Waals surface area contributed by atoms with Gasteiger partial charge in [0, 0.05) is 17.9 Å². The normalized spacial score (nSPS) is 4.88. The van der Waals surface area contributed by atoms with Crippen LogP contribution in [0.4, 0.5) is 0 Å². The molecule has 0 radical (unpaired) electrons. The Morgan fingerprint density at radius 2 is 0.647 bits per heavy atom. The summed E-state index contributed by atoms with van der Waals surface area (Å²) in [5.74, 6) is -3.25. The third-order valence-corrected chi connectivity index (χ3v) is 0. The van der Waals surface area contributed by atoms with Crippen LogP contribution in [0.2, 0.25) is 0 Å². The van der Waals surface area contributed by atoms with Gasteiger partial charge in [-0.2, -0.15) is 0 Å². The van der Waals surface area contributed by atoms with Crippen LogP contribution in [-0.2, 0) is 43.5 Å². The van der Waals surface area contributed by atoms with Crippen molar-refractivity contribution >= 4 is 31.5 Å². The molecule has 17 heavy (non-hydrogen) atoms. The van der Waals surface area contributed by atoms with Crippen molar-refractivity contribution in [2.75, 3.05) is 0 Å². The van der Waals surface area contributed by atoms with Crippen LogP contribution in [0.5, 0.6) is 0 Å². The van der Waals surface area contributed by atoms with Crippen LogP contribution in [-0.4, -0.2) is 31.5 Å². The van der Waals surface area contributed by atoms with Gasteiger partial charge in [0.05, 0.1) is 0 Å². The first-order chi connectivity index (χ1) is 7.20. The Bertz CT molecular complexity index is 140. The van der Waals surface area contributed by atoms with Crippen molar-refractivity contribution in [1.29, 1.82) is 0 Å². The quantitative estimate of drug-likeness (QED) is 0.403. The topological polar surface area (TPSA) is 155 Å². The first-order valence-corrected chi connectivity index (χ1v) is 3.30. The Morgan fingerprint density at radius 1 is 0.647 bits per heavy atom. The molecule has 0 bridgehead atoms. The molecule has 0 aliphatic heterocycles. The summed E-state index contributed by atoms with van der Waals surface area (Å²) in [7, 11) is 0. The predicted molar refractivity (Wildman–Crippen MR) is 46.3 cm³/mol. The predicted octanol–water partition coefficient (Wildman–Crippen LogP) is -4.10. The molecule has 9 heteroatoms. The van der Waals surface area contributed by atoms with Crippen molar-refractivity contribution in [2.24, 2.45) is 0 Å². The van der Waals surface area contributed by atoms with Crippen LogP contribution in [0.1, 0.15) is 20.8 Å². The monoisotopic (exact) mass is 340 g/mol. The summed E-state index contributed by atoms with van der Waals surface area (Å²) in [6, 6.07) is 0. The fourth-order valence-corrected chi connectivity index (χ4v) is 0. The molecule has 0 amide bonds. The van der Waals surface area contributed by atoms with Gasteiger partial charge in [0.2, 0.25) is 0 Å². The Hall–Kier alpha value is -1.63. The Labute approximate surface area is 111 Å². The molecule has 8 nitrogen and oxygen atoms in total. The van der Waals surface area contributed by atoms with Gasteiger partial charge in [0.1, 0.15) is 13.6 Å². The summed E-state index contributed by atoms with van der Waals surface area (Å²) in [5, 5.41) is 26.7. The maximum Gasteiger partial charge on any atom is 3.00 e. The third kappa shape index (κ3) is 832. The van der Waals surface area contributed by atoms with Crippen LogP contribution >= 0.6 is 0 Å². The van der Waals surface area contributed by atoms with Crippen LogP contribution in [0, 0.1) is 0 Å². The average Bonchev–Trinajstić information content (AvgIpc) is 2.07. The fourth-order valence-electron chi connectivity index (χ4n) is 0. The van der Waals surface area contributed by atoms with E-state index in [9.17, 15) is 0 Å². The number of carbonyl (C=O) groups is 5. The van der Waals surface area contributed by atoms with Crippen LogP contribution in [0.25, 0.3) is 0 Å².